The van der Waals surface area contributed by atoms with Crippen LogP contribution in [0.25, 0.3) is 0 Å². The Hall–Kier alpha value is -3.93. The summed E-state index contributed by atoms with van der Waals surface area (Å²) >= 11 is 6.35. The molecular weight excluding hydrogens is 518 g/mol. The van der Waals surface area contributed by atoms with Crippen LogP contribution in [0.15, 0.2) is 115 Å². The molecule has 0 unspecified atom stereocenters. The van der Waals surface area contributed by atoms with Crippen LogP contribution in [0, 0.1) is 0 Å². The van der Waals surface area contributed by atoms with E-state index in [1.807, 2.05) is 59.5 Å². The predicted octanol–water partition coefficient (Wildman–Crippen LogP) is 6.31. The minimum atomic E-state index is -0.166. The number of benzene rings is 4. The van der Waals surface area contributed by atoms with Gasteiger partial charge in [0.25, 0.3) is 5.91 Å². The molecular formula is C34H34ClN3O2. The second-order valence-corrected chi connectivity index (χ2v) is 10.5. The molecule has 1 aliphatic heterocycles. The van der Waals surface area contributed by atoms with E-state index in [0.29, 0.717) is 36.8 Å². The maximum Gasteiger partial charge on any atom is 0.255 e. The quantitative estimate of drug-likeness (QED) is 0.245. The van der Waals surface area contributed by atoms with Crippen molar-refractivity contribution in [1.82, 2.24) is 14.7 Å². The smallest absolute Gasteiger partial charge is 0.255 e. The fraction of sp³-hybridized carbons (Fsp3) is 0.235. The number of piperazine rings is 1. The highest BCUT2D eigenvalue weighted by molar-refractivity contribution is 6.33. The molecule has 0 spiro atoms. The lowest BCUT2D eigenvalue weighted by Crippen LogP contribution is -2.50. The van der Waals surface area contributed by atoms with Gasteiger partial charge in [-0.15, -0.1) is 0 Å². The van der Waals surface area contributed by atoms with Crippen molar-refractivity contribution in [2.45, 2.75) is 19.0 Å². The topological polar surface area (TPSA) is 43.9 Å². The molecule has 0 aromatic heterocycles. The second kappa shape index (κ2) is 13.4. The Morgan fingerprint density at radius 1 is 0.700 bits per heavy atom. The fourth-order valence-electron chi connectivity index (χ4n) is 5.36. The predicted molar refractivity (Wildman–Crippen MR) is 160 cm³/mol. The maximum atomic E-state index is 13.5. The van der Waals surface area contributed by atoms with Crippen molar-refractivity contribution in [3.05, 3.63) is 143 Å². The molecule has 5 rings (SSSR count). The van der Waals surface area contributed by atoms with Crippen molar-refractivity contribution in [1.29, 1.82) is 0 Å². The average molecular weight is 552 g/mol. The van der Waals surface area contributed by atoms with Crippen LogP contribution in [0.5, 0.6) is 0 Å². The molecule has 0 N–H and O–H groups in total. The van der Waals surface area contributed by atoms with Gasteiger partial charge in [-0.1, -0.05) is 115 Å². The SMILES string of the molecule is O=C(CCN(Cc1ccccc1)C(=O)c1ccccc1Cl)N1CCN(C(c2ccccc2)c2ccccc2)CC1. The number of hydrogen-bond acceptors (Lipinski definition) is 3. The van der Waals surface area contributed by atoms with E-state index >= 15 is 0 Å². The molecule has 1 aliphatic rings. The van der Waals surface area contributed by atoms with Gasteiger partial charge in [-0.05, 0) is 28.8 Å². The zero-order valence-corrected chi connectivity index (χ0v) is 23.3. The lowest BCUT2D eigenvalue weighted by molar-refractivity contribution is -0.133. The molecule has 4 aromatic rings. The molecule has 40 heavy (non-hydrogen) atoms. The summed E-state index contributed by atoms with van der Waals surface area (Å²) in [5.74, 6) is -0.0960. The number of carbonyl (C=O) groups excluding carboxylic acids is 2. The van der Waals surface area contributed by atoms with Crippen LogP contribution in [0.4, 0.5) is 0 Å². The molecule has 0 atom stereocenters. The Bertz CT molecular complexity index is 1350. The lowest BCUT2D eigenvalue weighted by Gasteiger charge is -2.40. The molecule has 6 heteroatoms. The van der Waals surface area contributed by atoms with Gasteiger partial charge in [-0.3, -0.25) is 14.5 Å². The van der Waals surface area contributed by atoms with Gasteiger partial charge in [0, 0.05) is 45.7 Å². The first-order valence-corrected chi connectivity index (χ1v) is 14.2. The summed E-state index contributed by atoms with van der Waals surface area (Å²) in [4.78, 5) is 32.9. The highest BCUT2D eigenvalue weighted by atomic mass is 35.5. The highest BCUT2D eigenvalue weighted by Gasteiger charge is 2.28. The summed E-state index contributed by atoms with van der Waals surface area (Å²) in [6.07, 6.45) is 0.268. The summed E-state index contributed by atoms with van der Waals surface area (Å²) in [6, 6.07) is 38.2. The monoisotopic (exact) mass is 551 g/mol. The first kappa shape index (κ1) is 27.6. The lowest BCUT2D eigenvalue weighted by atomic mass is 9.96. The molecule has 2 amide bonds. The largest absolute Gasteiger partial charge is 0.340 e. The summed E-state index contributed by atoms with van der Waals surface area (Å²) in [6.45, 7) is 3.63. The third-order valence-electron chi connectivity index (χ3n) is 7.47. The van der Waals surface area contributed by atoms with Crippen LogP contribution in [0.3, 0.4) is 0 Å². The zero-order valence-electron chi connectivity index (χ0n) is 22.5. The van der Waals surface area contributed by atoms with E-state index in [0.717, 1.165) is 18.7 Å². The highest BCUT2D eigenvalue weighted by Crippen LogP contribution is 2.29. The van der Waals surface area contributed by atoms with Gasteiger partial charge >= 0.3 is 0 Å². The third kappa shape index (κ3) is 6.79. The van der Waals surface area contributed by atoms with E-state index in [-0.39, 0.29) is 24.3 Å². The van der Waals surface area contributed by atoms with E-state index in [9.17, 15) is 9.59 Å². The van der Waals surface area contributed by atoms with Gasteiger partial charge in [-0.2, -0.15) is 0 Å². The van der Waals surface area contributed by atoms with Gasteiger partial charge in [-0.25, -0.2) is 0 Å². The molecule has 0 radical (unpaired) electrons. The van der Waals surface area contributed by atoms with Crippen molar-refractivity contribution in [3.63, 3.8) is 0 Å². The molecule has 5 nitrogen and oxygen atoms in total. The van der Waals surface area contributed by atoms with Crippen LogP contribution in [0.1, 0.15) is 39.5 Å². The molecule has 204 valence electrons. The Morgan fingerprint density at radius 3 is 1.80 bits per heavy atom. The van der Waals surface area contributed by atoms with E-state index in [2.05, 4.69) is 53.4 Å². The normalized spacial score (nSPS) is 13.8. The van der Waals surface area contributed by atoms with Gasteiger partial charge in [0.15, 0.2) is 0 Å². The second-order valence-electron chi connectivity index (χ2n) is 10.1. The number of halogens is 1. The molecule has 1 fully saturated rings. The van der Waals surface area contributed by atoms with Crippen LogP contribution in [0.2, 0.25) is 5.02 Å². The Morgan fingerprint density at radius 2 is 1.23 bits per heavy atom. The summed E-state index contributed by atoms with van der Waals surface area (Å²) in [5, 5.41) is 0.416. The van der Waals surface area contributed by atoms with E-state index in [1.54, 1.807) is 17.0 Å². The van der Waals surface area contributed by atoms with Crippen LogP contribution >= 0.6 is 11.6 Å². The minimum Gasteiger partial charge on any atom is -0.340 e. The number of amides is 2. The summed E-state index contributed by atoms with van der Waals surface area (Å²) < 4.78 is 0. The molecule has 0 aliphatic carbocycles. The van der Waals surface area contributed by atoms with Crippen LogP contribution < -0.4 is 0 Å². The standard InChI is InChI=1S/C34H34ClN3O2/c35-31-19-11-10-18-30(31)34(40)38(26-27-12-4-1-5-13-27)21-20-32(39)36-22-24-37(25-23-36)33(28-14-6-2-7-15-28)29-16-8-3-9-17-29/h1-19,33H,20-26H2. The Labute approximate surface area is 241 Å². The molecule has 0 bridgehead atoms. The van der Waals surface area contributed by atoms with Gasteiger partial charge in [0.2, 0.25) is 5.91 Å². The Kier molecular flexibility index (Phi) is 9.27. The van der Waals surface area contributed by atoms with Crippen molar-refractivity contribution >= 4 is 23.4 Å². The number of rotatable bonds is 9. The van der Waals surface area contributed by atoms with Gasteiger partial charge in [0.1, 0.15) is 0 Å². The summed E-state index contributed by atoms with van der Waals surface area (Å²) in [5.41, 5.74) is 3.97. The number of carbonyl (C=O) groups is 2. The Balaban J connectivity index is 1.24. The van der Waals surface area contributed by atoms with Crippen molar-refractivity contribution in [3.8, 4) is 0 Å². The number of hydrogen-bond donors (Lipinski definition) is 0. The van der Waals surface area contributed by atoms with Gasteiger partial charge in [0.05, 0.1) is 16.6 Å². The number of nitrogens with zero attached hydrogens (tertiary/aromatic N) is 3. The molecule has 4 aromatic carbocycles. The van der Waals surface area contributed by atoms with E-state index in [4.69, 9.17) is 11.6 Å². The van der Waals surface area contributed by atoms with E-state index in [1.165, 1.54) is 11.1 Å². The zero-order chi connectivity index (χ0) is 27.7. The third-order valence-corrected chi connectivity index (χ3v) is 7.80. The first-order valence-electron chi connectivity index (χ1n) is 13.8. The van der Waals surface area contributed by atoms with Crippen LogP contribution in [-0.4, -0.2) is 59.2 Å². The fourth-order valence-corrected chi connectivity index (χ4v) is 5.58. The van der Waals surface area contributed by atoms with E-state index < -0.39 is 0 Å². The summed E-state index contributed by atoms with van der Waals surface area (Å²) in [7, 11) is 0. The van der Waals surface area contributed by atoms with Crippen molar-refractivity contribution in [2.24, 2.45) is 0 Å². The first-order chi connectivity index (χ1) is 19.6. The van der Waals surface area contributed by atoms with Gasteiger partial charge < -0.3 is 9.80 Å². The van der Waals surface area contributed by atoms with Crippen LogP contribution in [-0.2, 0) is 11.3 Å². The van der Waals surface area contributed by atoms with Crippen molar-refractivity contribution in [2.75, 3.05) is 32.7 Å². The van der Waals surface area contributed by atoms with Crippen molar-refractivity contribution < 1.29 is 9.59 Å². The maximum absolute atomic E-state index is 13.5. The molecule has 1 heterocycles. The minimum absolute atomic E-state index is 0.0700. The average Bonchev–Trinajstić information content (AvgIpc) is 3.01. The molecule has 0 saturated carbocycles. The molecule has 1 saturated heterocycles.